The quantitative estimate of drug-likeness (QED) is 0.325. The minimum absolute atomic E-state index is 0.0304. The van der Waals surface area contributed by atoms with Crippen LogP contribution in [0.15, 0.2) is 0 Å². The molecule has 0 aromatic rings. The number of thioether (sulfide) groups is 1. The molecule has 6 heteroatoms. The van der Waals surface area contributed by atoms with Gasteiger partial charge in [-0.15, -0.1) is 11.8 Å². The summed E-state index contributed by atoms with van der Waals surface area (Å²) in [4.78, 5) is 31.6. The number of rotatable bonds is 11. The van der Waals surface area contributed by atoms with E-state index in [1.165, 1.54) is 0 Å². The Bertz CT molecular complexity index is 247. The lowest BCUT2D eigenvalue weighted by molar-refractivity contribution is -0.121. The van der Waals surface area contributed by atoms with E-state index < -0.39 is 0 Å². The molecule has 0 saturated heterocycles. The molecule has 0 aromatic carbocycles. The van der Waals surface area contributed by atoms with Crippen molar-refractivity contribution in [2.45, 2.75) is 32.6 Å². The van der Waals surface area contributed by atoms with Gasteiger partial charge in [0, 0.05) is 6.42 Å². The second kappa shape index (κ2) is 11.4. The van der Waals surface area contributed by atoms with Gasteiger partial charge in [0.2, 0.25) is 12.3 Å². The predicted molar refractivity (Wildman–Crippen MR) is 68.7 cm³/mol. The molecule has 98 valence electrons. The van der Waals surface area contributed by atoms with Gasteiger partial charge < -0.3 is 15.4 Å². The zero-order chi connectivity index (χ0) is 12.9. The summed E-state index contributed by atoms with van der Waals surface area (Å²) in [5, 5.41) is 4.97. The first-order chi connectivity index (χ1) is 8.16. The van der Waals surface area contributed by atoms with Gasteiger partial charge in [-0.25, -0.2) is 0 Å². The monoisotopic (exact) mass is 260 g/mol. The SMILES string of the molecule is CC(=O)CCCCCSCNC(=O)CNC=O. The van der Waals surface area contributed by atoms with E-state index in [0.29, 0.717) is 18.7 Å². The highest BCUT2D eigenvalue weighted by Crippen LogP contribution is 2.06. The molecule has 0 heterocycles. The summed E-state index contributed by atoms with van der Waals surface area (Å²) in [6.45, 7) is 1.64. The van der Waals surface area contributed by atoms with E-state index >= 15 is 0 Å². The second-order valence-corrected chi connectivity index (χ2v) is 4.77. The van der Waals surface area contributed by atoms with Crippen molar-refractivity contribution in [1.29, 1.82) is 0 Å². The van der Waals surface area contributed by atoms with Crippen molar-refractivity contribution in [2.24, 2.45) is 0 Å². The van der Waals surface area contributed by atoms with Gasteiger partial charge in [-0.1, -0.05) is 6.42 Å². The van der Waals surface area contributed by atoms with Crippen LogP contribution in [0.4, 0.5) is 0 Å². The molecule has 2 N–H and O–H groups in total. The Morgan fingerprint density at radius 1 is 1.24 bits per heavy atom. The normalized spacial score (nSPS) is 9.71. The minimum atomic E-state index is -0.179. The van der Waals surface area contributed by atoms with Crippen LogP contribution in [-0.4, -0.2) is 36.3 Å². The highest BCUT2D eigenvalue weighted by molar-refractivity contribution is 7.99. The molecular weight excluding hydrogens is 240 g/mol. The van der Waals surface area contributed by atoms with Crippen molar-refractivity contribution in [3.05, 3.63) is 0 Å². The van der Waals surface area contributed by atoms with Gasteiger partial charge in [0.1, 0.15) is 5.78 Å². The molecule has 0 aliphatic heterocycles. The standard InChI is InChI=1S/C11H20N2O3S/c1-10(15)5-3-2-4-6-17-9-13-11(16)7-12-8-14/h8H,2-7,9H2,1H3,(H,12,14)(H,13,16). The van der Waals surface area contributed by atoms with Crippen LogP contribution in [-0.2, 0) is 14.4 Å². The minimum Gasteiger partial charge on any atom is -0.350 e. The van der Waals surface area contributed by atoms with Crippen molar-refractivity contribution in [3.8, 4) is 0 Å². The molecule has 0 bridgehead atoms. The third-order valence-electron chi connectivity index (χ3n) is 2.03. The molecule has 0 aromatic heterocycles. The topological polar surface area (TPSA) is 75.3 Å². The number of carbonyl (C=O) groups excluding carboxylic acids is 3. The molecule has 0 atom stereocenters. The zero-order valence-electron chi connectivity index (χ0n) is 10.2. The van der Waals surface area contributed by atoms with Gasteiger partial charge in [-0.3, -0.25) is 9.59 Å². The van der Waals surface area contributed by atoms with Crippen molar-refractivity contribution in [1.82, 2.24) is 10.6 Å². The molecule has 0 spiro atoms. The third kappa shape index (κ3) is 12.9. The Balaban J connectivity index is 3.15. The molecule has 0 aliphatic carbocycles. The van der Waals surface area contributed by atoms with E-state index in [2.05, 4.69) is 10.6 Å². The molecule has 17 heavy (non-hydrogen) atoms. The lowest BCUT2D eigenvalue weighted by Crippen LogP contribution is -2.32. The summed E-state index contributed by atoms with van der Waals surface area (Å²) in [7, 11) is 0. The van der Waals surface area contributed by atoms with Crippen LogP contribution in [0.1, 0.15) is 32.6 Å². The Labute approximate surface area is 106 Å². The molecule has 0 fully saturated rings. The fourth-order valence-corrected chi connectivity index (χ4v) is 1.97. The molecule has 0 aliphatic rings. The van der Waals surface area contributed by atoms with E-state index in [9.17, 15) is 14.4 Å². The summed E-state index contributed by atoms with van der Waals surface area (Å²) in [5.74, 6) is 1.60. The fraction of sp³-hybridized carbons (Fsp3) is 0.727. The summed E-state index contributed by atoms with van der Waals surface area (Å²) >= 11 is 1.64. The zero-order valence-corrected chi connectivity index (χ0v) is 11.0. The average molecular weight is 260 g/mol. The van der Waals surface area contributed by atoms with Crippen LogP contribution in [0.3, 0.4) is 0 Å². The molecule has 0 saturated carbocycles. The van der Waals surface area contributed by atoms with Crippen molar-refractivity contribution in [3.63, 3.8) is 0 Å². The lowest BCUT2D eigenvalue weighted by atomic mass is 10.2. The second-order valence-electron chi connectivity index (χ2n) is 3.66. The molecular formula is C11H20N2O3S. The first kappa shape index (κ1) is 16.0. The number of nitrogens with one attached hydrogen (secondary N) is 2. The van der Waals surface area contributed by atoms with Crippen LogP contribution in [0.25, 0.3) is 0 Å². The van der Waals surface area contributed by atoms with E-state index in [4.69, 9.17) is 0 Å². The lowest BCUT2D eigenvalue weighted by Gasteiger charge is -2.04. The summed E-state index contributed by atoms with van der Waals surface area (Å²) in [5.41, 5.74) is 0. The average Bonchev–Trinajstić information content (AvgIpc) is 2.29. The van der Waals surface area contributed by atoms with E-state index in [0.717, 1.165) is 25.0 Å². The van der Waals surface area contributed by atoms with Gasteiger partial charge in [-0.05, 0) is 25.5 Å². The number of unbranched alkanes of at least 4 members (excludes halogenated alkanes) is 2. The van der Waals surface area contributed by atoms with Crippen LogP contribution in [0.5, 0.6) is 0 Å². The maximum atomic E-state index is 11.0. The first-order valence-electron chi connectivity index (χ1n) is 5.67. The van der Waals surface area contributed by atoms with Gasteiger partial charge in [0.05, 0.1) is 12.4 Å². The number of amides is 2. The van der Waals surface area contributed by atoms with Crippen LogP contribution in [0, 0.1) is 0 Å². The highest BCUT2D eigenvalue weighted by Gasteiger charge is 1.98. The van der Waals surface area contributed by atoms with Gasteiger partial charge in [0.25, 0.3) is 0 Å². The van der Waals surface area contributed by atoms with E-state index in [1.54, 1.807) is 18.7 Å². The van der Waals surface area contributed by atoms with E-state index in [1.807, 2.05) is 0 Å². The number of Topliss-reactive ketones (excluding diaryl/α,β-unsaturated/α-hetero) is 1. The fourth-order valence-electron chi connectivity index (χ4n) is 1.16. The summed E-state index contributed by atoms with van der Waals surface area (Å²) in [6, 6.07) is 0. The van der Waals surface area contributed by atoms with Crippen molar-refractivity contribution in [2.75, 3.05) is 18.2 Å². The van der Waals surface area contributed by atoms with Gasteiger partial charge >= 0.3 is 0 Å². The molecule has 0 radical (unpaired) electrons. The molecule has 0 unspecified atom stereocenters. The number of hydrogen-bond acceptors (Lipinski definition) is 4. The smallest absolute Gasteiger partial charge is 0.240 e. The first-order valence-corrected chi connectivity index (χ1v) is 6.83. The summed E-state index contributed by atoms with van der Waals surface area (Å²) < 4.78 is 0. The molecule has 0 rings (SSSR count). The van der Waals surface area contributed by atoms with Crippen LogP contribution in [0.2, 0.25) is 0 Å². The van der Waals surface area contributed by atoms with Crippen molar-refractivity contribution >= 4 is 29.9 Å². The highest BCUT2D eigenvalue weighted by atomic mass is 32.2. The molecule has 2 amide bonds. The maximum absolute atomic E-state index is 11.0. The number of ketones is 1. The van der Waals surface area contributed by atoms with Gasteiger partial charge in [-0.2, -0.15) is 0 Å². The maximum Gasteiger partial charge on any atom is 0.240 e. The molecule has 5 nitrogen and oxygen atoms in total. The Morgan fingerprint density at radius 3 is 2.65 bits per heavy atom. The van der Waals surface area contributed by atoms with Gasteiger partial charge in [0.15, 0.2) is 0 Å². The van der Waals surface area contributed by atoms with Crippen LogP contribution < -0.4 is 10.6 Å². The predicted octanol–water partition coefficient (Wildman–Crippen LogP) is 0.689. The Morgan fingerprint density at radius 2 is 2.00 bits per heavy atom. The number of hydrogen-bond donors (Lipinski definition) is 2. The number of carbonyl (C=O) groups is 3. The van der Waals surface area contributed by atoms with E-state index in [-0.39, 0.29) is 18.2 Å². The Kier molecular flexibility index (Phi) is 10.7. The third-order valence-corrected chi connectivity index (χ3v) is 2.96. The largest absolute Gasteiger partial charge is 0.350 e. The Hall–Kier alpha value is -1.04. The summed E-state index contributed by atoms with van der Waals surface area (Å²) in [6.07, 6.45) is 4.22. The van der Waals surface area contributed by atoms with Crippen LogP contribution >= 0.6 is 11.8 Å². The van der Waals surface area contributed by atoms with Crippen molar-refractivity contribution < 1.29 is 14.4 Å².